The molecule has 27 heavy (non-hydrogen) atoms. The molecule has 3 nitrogen and oxygen atoms in total. The van der Waals surface area contributed by atoms with Crippen LogP contribution in [-0.2, 0) is 0 Å². The van der Waals surface area contributed by atoms with E-state index in [0.717, 1.165) is 41.3 Å². The summed E-state index contributed by atoms with van der Waals surface area (Å²) in [4.78, 5) is 0. The normalized spacial score (nSPS) is 23.4. The molecule has 2 aliphatic rings. The number of rotatable bonds is 6. The Morgan fingerprint density at radius 2 is 1.89 bits per heavy atom. The third kappa shape index (κ3) is 3.58. The van der Waals surface area contributed by atoms with E-state index in [9.17, 15) is 0 Å². The van der Waals surface area contributed by atoms with Crippen molar-refractivity contribution in [2.75, 3.05) is 0 Å². The molecule has 0 saturated heterocycles. The van der Waals surface area contributed by atoms with Gasteiger partial charge in [-0.05, 0) is 37.1 Å². The summed E-state index contributed by atoms with van der Waals surface area (Å²) in [5.41, 5.74) is 3.08. The highest BCUT2D eigenvalue weighted by Gasteiger charge is 2.47. The van der Waals surface area contributed by atoms with Crippen molar-refractivity contribution in [1.82, 2.24) is 5.01 Å². The van der Waals surface area contributed by atoms with Gasteiger partial charge in [0.1, 0.15) is 5.75 Å². The Morgan fingerprint density at radius 3 is 2.67 bits per heavy atom. The van der Waals surface area contributed by atoms with Gasteiger partial charge < -0.3 is 4.74 Å². The predicted molar refractivity (Wildman–Crippen MR) is 111 cm³/mol. The molecular weight excluding hydrogens is 356 g/mol. The van der Waals surface area contributed by atoms with Crippen LogP contribution in [0, 0.1) is 0 Å². The van der Waals surface area contributed by atoms with Crippen LogP contribution in [0.25, 0.3) is 0 Å². The summed E-state index contributed by atoms with van der Waals surface area (Å²) in [7, 11) is 0. The molecule has 0 bridgehead atoms. The Morgan fingerprint density at radius 1 is 1.11 bits per heavy atom. The highest BCUT2D eigenvalue weighted by atomic mass is 35.5. The first kappa shape index (κ1) is 18.4. The molecule has 0 amide bonds. The minimum atomic E-state index is -0.402. The first-order valence-electron chi connectivity index (χ1n) is 10.0. The number of unbranched alkanes of at least 4 members (excludes halogenated alkanes) is 3. The minimum absolute atomic E-state index is 0.233. The molecule has 2 unspecified atom stereocenters. The van der Waals surface area contributed by atoms with Gasteiger partial charge in [-0.2, -0.15) is 5.10 Å². The number of fused-ring (bicyclic) bond motifs is 3. The molecule has 0 aliphatic carbocycles. The summed E-state index contributed by atoms with van der Waals surface area (Å²) in [6.45, 7) is 4.43. The highest BCUT2D eigenvalue weighted by molar-refractivity contribution is 6.30. The fraction of sp³-hybridized carbons (Fsp3) is 0.435. The van der Waals surface area contributed by atoms with Crippen LogP contribution in [0.4, 0.5) is 0 Å². The van der Waals surface area contributed by atoms with Gasteiger partial charge in [-0.25, -0.2) is 5.01 Å². The van der Waals surface area contributed by atoms with E-state index in [-0.39, 0.29) is 6.04 Å². The molecule has 0 N–H and O–H groups in total. The van der Waals surface area contributed by atoms with E-state index in [1.54, 1.807) is 0 Å². The van der Waals surface area contributed by atoms with Crippen molar-refractivity contribution in [3.63, 3.8) is 0 Å². The van der Waals surface area contributed by atoms with E-state index in [2.05, 4.69) is 55.3 Å². The van der Waals surface area contributed by atoms with Gasteiger partial charge in [-0.1, -0.05) is 68.1 Å². The third-order valence-corrected chi connectivity index (χ3v) is 5.93. The Hall–Kier alpha value is -2.00. The molecule has 4 heteroatoms. The van der Waals surface area contributed by atoms with E-state index in [0.29, 0.717) is 0 Å². The van der Waals surface area contributed by atoms with Gasteiger partial charge >= 0.3 is 0 Å². The van der Waals surface area contributed by atoms with Crippen molar-refractivity contribution in [3.8, 4) is 5.75 Å². The zero-order chi connectivity index (χ0) is 18.9. The number of halogens is 1. The van der Waals surface area contributed by atoms with Crippen molar-refractivity contribution in [3.05, 3.63) is 64.7 Å². The zero-order valence-corrected chi connectivity index (χ0v) is 16.9. The Balaban J connectivity index is 1.65. The molecule has 0 radical (unpaired) electrons. The number of nitrogens with zero attached hydrogens (tertiary/aromatic N) is 2. The minimum Gasteiger partial charge on any atom is -0.466 e. The average Bonchev–Trinajstić information content (AvgIpc) is 3.13. The number of hydrogen-bond donors (Lipinski definition) is 0. The summed E-state index contributed by atoms with van der Waals surface area (Å²) in [5.74, 6) is 1.00. The van der Waals surface area contributed by atoms with Crippen LogP contribution in [-0.4, -0.2) is 16.4 Å². The fourth-order valence-corrected chi connectivity index (χ4v) is 4.31. The lowest BCUT2D eigenvalue weighted by Crippen LogP contribution is -2.51. The van der Waals surface area contributed by atoms with Crippen LogP contribution in [0.3, 0.4) is 0 Å². The molecule has 0 saturated carbocycles. The number of benzene rings is 2. The smallest absolute Gasteiger partial charge is 0.195 e. The van der Waals surface area contributed by atoms with Crippen LogP contribution in [0.15, 0.2) is 53.6 Å². The van der Waals surface area contributed by atoms with Gasteiger partial charge in [0.2, 0.25) is 0 Å². The lowest BCUT2D eigenvalue weighted by atomic mass is 9.93. The lowest BCUT2D eigenvalue weighted by Gasteiger charge is -2.46. The monoisotopic (exact) mass is 382 g/mol. The zero-order valence-electron chi connectivity index (χ0n) is 16.1. The fourth-order valence-electron chi connectivity index (χ4n) is 4.18. The molecule has 142 valence electrons. The molecule has 2 atom stereocenters. The number of ether oxygens (including phenoxy) is 1. The van der Waals surface area contributed by atoms with Crippen LogP contribution < -0.4 is 4.74 Å². The highest BCUT2D eigenvalue weighted by Crippen LogP contribution is 2.48. The van der Waals surface area contributed by atoms with Crippen molar-refractivity contribution in [1.29, 1.82) is 0 Å². The number of hydrazone groups is 1. The van der Waals surface area contributed by atoms with E-state index in [1.807, 2.05) is 12.1 Å². The van der Waals surface area contributed by atoms with Crippen molar-refractivity contribution in [2.45, 2.75) is 64.1 Å². The molecule has 2 aromatic rings. The average molecular weight is 383 g/mol. The maximum atomic E-state index is 6.51. The van der Waals surface area contributed by atoms with Crippen LogP contribution in [0.1, 0.15) is 69.5 Å². The SMILES string of the molecule is CCCCCCC1(C)Oc2ccccc2C2CC(c3ccc(Cl)cc3)=NN21. The van der Waals surface area contributed by atoms with E-state index in [1.165, 1.54) is 24.8 Å². The van der Waals surface area contributed by atoms with Crippen molar-refractivity contribution in [2.24, 2.45) is 5.10 Å². The Bertz CT molecular complexity index is 833. The van der Waals surface area contributed by atoms with Crippen LogP contribution >= 0.6 is 11.6 Å². The van der Waals surface area contributed by atoms with Crippen molar-refractivity contribution < 1.29 is 4.74 Å². The van der Waals surface area contributed by atoms with E-state index >= 15 is 0 Å². The van der Waals surface area contributed by atoms with Gasteiger partial charge in [0, 0.05) is 23.4 Å². The molecular formula is C23H27ClN2O. The molecule has 2 aliphatic heterocycles. The van der Waals surface area contributed by atoms with Gasteiger partial charge in [0.05, 0.1) is 11.8 Å². The standard InChI is InChI=1S/C23H27ClN2O/c1-3-4-5-8-15-23(2)26-21(19-9-6-7-10-22(19)27-23)16-20(25-26)17-11-13-18(24)14-12-17/h6-7,9-14,21H,3-5,8,15-16H2,1-2H3. The molecule has 4 rings (SSSR count). The van der Waals surface area contributed by atoms with E-state index < -0.39 is 5.72 Å². The largest absolute Gasteiger partial charge is 0.466 e. The molecule has 0 fully saturated rings. The maximum Gasteiger partial charge on any atom is 0.195 e. The second-order valence-corrected chi connectivity index (χ2v) is 8.18. The van der Waals surface area contributed by atoms with Gasteiger partial charge in [-0.15, -0.1) is 0 Å². The third-order valence-electron chi connectivity index (χ3n) is 5.67. The summed E-state index contributed by atoms with van der Waals surface area (Å²) in [5, 5.41) is 8.01. The molecule has 0 aromatic heterocycles. The summed E-state index contributed by atoms with van der Waals surface area (Å²) in [6, 6.07) is 16.6. The first-order chi connectivity index (χ1) is 13.1. The molecule has 2 aromatic carbocycles. The van der Waals surface area contributed by atoms with E-state index in [4.69, 9.17) is 21.4 Å². The molecule has 0 spiro atoms. The van der Waals surface area contributed by atoms with Gasteiger partial charge in [-0.3, -0.25) is 0 Å². The quantitative estimate of drug-likeness (QED) is 0.528. The topological polar surface area (TPSA) is 24.8 Å². The predicted octanol–water partition coefficient (Wildman–Crippen LogP) is 6.57. The van der Waals surface area contributed by atoms with Gasteiger partial charge in [0.15, 0.2) is 5.72 Å². The van der Waals surface area contributed by atoms with Crippen molar-refractivity contribution >= 4 is 17.3 Å². The first-order valence-corrected chi connectivity index (χ1v) is 10.4. The van der Waals surface area contributed by atoms with Crippen LogP contribution in [0.5, 0.6) is 5.75 Å². The summed E-state index contributed by atoms with van der Waals surface area (Å²) >= 11 is 6.07. The number of hydrogen-bond acceptors (Lipinski definition) is 3. The second-order valence-electron chi connectivity index (χ2n) is 7.74. The Kier molecular flexibility index (Phi) is 5.14. The number of para-hydroxylation sites is 1. The summed E-state index contributed by atoms with van der Waals surface area (Å²) in [6.07, 6.45) is 6.79. The van der Waals surface area contributed by atoms with Gasteiger partial charge in [0.25, 0.3) is 0 Å². The summed E-state index contributed by atoms with van der Waals surface area (Å²) < 4.78 is 6.51. The molecule has 2 heterocycles. The lowest BCUT2D eigenvalue weighted by molar-refractivity contribution is -0.112. The Labute approximate surface area is 167 Å². The second kappa shape index (κ2) is 7.55. The maximum absolute atomic E-state index is 6.51. The van der Waals surface area contributed by atoms with Crippen LogP contribution in [0.2, 0.25) is 5.02 Å².